The number of nitrogens with zero attached hydrogens (tertiary/aromatic N) is 3. The fraction of sp³-hybridized carbons (Fsp3) is 0.182. The zero-order valence-electron chi connectivity index (χ0n) is 9.10. The molecule has 0 aliphatic carbocycles. The average molecular weight is 233 g/mol. The number of nitrogen functional groups attached to an aromatic ring is 1. The lowest BCUT2D eigenvalue weighted by atomic mass is 10.3. The molecule has 0 aromatic carbocycles. The molecule has 88 valence electrons. The summed E-state index contributed by atoms with van der Waals surface area (Å²) in [6.45, 7) is 0.532. The Bertz CT molecular complexity index is 488. The van der Waals surface area contributed by atoms with Crippen molar-refractivity contribution in [2.45, 2.75) is 6.42 Å². The molecule has 2 aromatic heterocycles. The molecule has 0 aliphatic heterocycles. The molecule has 0 saturated heterocycles. The van der Waals surface area contributed by atoms with Crippen LogP contribution in [0.25, 0.3) is 0 Å². The molecule has 2 rings (SSSR count). The van der Waals surface area contributed by atoms with Crippen LogP contribution in [0, 0.1) is 5.82 Å². The van der Waals surface area contributed by atoms with Crippen LogP contribution in [0.3, 0.4) is 0 Å². The lowest BCUT2D eigenvalue weighted by Gasteiger charge is -2.06. The van der Waals surface area contributed by atoms with E-state index in [1.165, 1.54) is 0 Å². The van der Waals surface area contributed by atoms with Crippen molar-refractivity contribution in [3.63, 3.8) is 0 Å². The van der Waals surface area contributed by atoms with Crippen molar-refractivity contribution in [2.75, 3.05) is 17.6 Å². The van der Waals surface area contributed by atoms with Crippen molar-refractivity contribution in [1.82, 2.24) is 15.0 Å². The van der Waals surface area contributed by atoms with Crippen molar-refractivity contribution in [2.24, 2.45) is 0 Å². The molecule has 2 heterocycles. The van der Waals surface area contributed by atoms with Crippen molar-refractivity contribution in [3.8, 4) is 0 Å². The Kier molecular flexibility index (Phi) is 3.44. The maximum atomic E-state index is 13.2. The molecular weight excluding hydrogens is 221 g/mol. The van der Waals surface area contributed by atoms with Gasteiger partial charge in [0.05, 0.1) is 6.20 Å². The molecule has 0 unspecified atom stereocenters. The highest BCUT2D eigenvalue weighted by atomic mass is 19.1. The van der Waals surface area contributed by atoms with Gasteiger partial charge >= 0.3 is 0 Å². The standard InChI is InChI=1S/C11H12FN5/c12-9-7-16-11(13)17-10(9)15-6-4-8-3-1-2-5-14-8/h1-3,5,7H,4,6H2,(H3,13,15,16,17). The lowest BCUT2D eigenvalue weighted by molar-refractivity contribution is 0.617. The summed E-state index contributed by atoms with van der Waals surface area (Å²) >= 11 is 0. The third-order valence-corrected chi connectivity index (χ3v) is 2.16. The van der Waals surface area contributed by atoms with Crippen molar-refractivity contribution in [3.05, 3.63) is 42.1 Å². The van der Waals surface area contributed by atoms with E-state index >= 15 is 0 Å². The third-order valence-electron chi connectivity index (χ3n) is 2.16. The largest absolute Gasteiger partial charge is 0.368 e. The summed E-state index contributed by atoms with van der Waals surface area (Å²) in [6, 6.07) is 5.67. The van der Waals surface area contributed by atoms with Crippen LogP contribution < -0.4 is 11.1 Å². The molecule has 0 aliphatic rings. The van der Waals surface area contributed by atoms with E-state index in [1.807, 2.05) is 18.2 Å². The van der Waals surface area contributed by atoms with Crippen LogP contribution >= 0.6 is 0 Å². The van der Waals surface area contributed by atoms with Gasteiger partial charge < -0.3 is 11.1 Å². The molecule has 0 radical (unpaired) electrons. The molecule has 0 saturated carbocycles. The quantitative estimate of drug-likeness (QED) is 0.831. The first-order valence-electron chi connectivity index (χ1n) is 5.17. The summed E-state index contributed by atoms with van der Waals surface area (Å²) in [5, 5.41) is 2.86. The van der Waals surface area contributed by atoms with Crippen molar-refractivity contribution < 1.29 is 4.39 Å². The first-order valence-corrected chi connectivity index (χ1v) is 5.17. The van der Waals surface area contributed by atoms with E-state index in [-0.39, 0.29) is 11.8 Å². The Labute approximate surface area is 97.9 Å². The van der Waals surface area contributed by atoms with Gasteiger partial charge in [0, 0.05) is 24.9 Å². The predicted molar refractivity (Wildman–Crippen MR) is 62.8 cm³/mol. The van der Waals surface area contributed by atoms with Gasteiger partial charge in [0.2, 0.25) is 5.95 Å². The molecule has 0 spiro atoms. The molecule has 5 nitrogen and oxygen atoms in total. The second kappa shape index (κ2) is 5.20. The van der Waals surface area contributed by atoms with Gasteiger partial charge in [0.15, 0.2) is 11.6 Å². The minimum atomic E-state index is -0.514. The van der Waals surface area contributed by atoms with Crippen LogP contribution in [0.15, 0.2) is 30.6 Å². The third kappa shape index (κ3) is 3.10. The molecule has 6 heteroatoms. The lowest BCUT2D eigenvalue weighted by Crippen LogP contribution is -2.10. The number of nitrogens with one attached hydrogen (secondary N) is 1. The highest BCUT2D eigenvalue weighted by Gasteiger charge is 2.04. The van der Waals surface area contributed by atoms with E-state index in [9.17, 15) is 4.39 Å². The molecule has 0 bridgehead atoms. The first-order chi connectivity index (χ1) is 8.25. The van der Waals surface area contributed by atoms with E-state index in [4.69, 9.17) is 5.73 Å². The normalized spacial score (nSPS) is 10.2. The number of halogens is 1. The van der Waals surface area contributed by atoms with Gasteiger partial charge in [-0.15, -0.1) is 0 Å². The number of aromatic nitrogens is 3. The number of nitrogens with two attached hydrogens (primary N) is 1. The number of hydrogen-bond donors (Lipinski definition) is 2. The Morgan fingerprint density at radius 2 is 2.18 bits per heavy atom. The van der Waals surface area contributed by atoms with E-state index in [1.54, 1.807) is 6.20 Å². The van der Waals surface area contributed by atoms with Crippen LogP contribution in [0.1, 0.15) is 5.69 Å². The van der Waals surface area contributed by atoms with Gasteiger partial charge in [-0.1, -0.05) is 6.07 Å². The van der Waals surface area contributed by atoms with Gasteiger partial charge in [0.1, 0.15) is 0 Å². The minimum absolute atomic E-state index is 0.0479. The second-order valence-corrected chi connectivity index (χ2v) is 3.42. The number of anilines is 2. The Morgan fingerprint density at radius 3 is 2.94 bits per heavy atom. The molecule has 3 N–H and O–H groups in total. The van der Waals surface area contributed by atoms with Crippen LogP contribution in [0.4, 0.5) is 16.2 Å². The SMILES string of the molecule is Nc1ncc(F)c(NCCc2ccccn2)n1. The van der Waals surface area contributed by atoms with E-state index < -0.39 is 5.82 Å². The van der Waals surface area contributed by atoms with Crippen LogP contribution in [0.2, 0.25) is 0 Å². The molecule has 0 fully saturated rings. The summed E-state index contributed by atoms with van der Waals surface area (Å²) in [7, 11) is 0. The van der Waals surface area contributed by atoms with Crippen molar-refractivity contribution in [1.29, 1.82) is 0 Å². The first kappa shape index (κ1) is 11.3. The smallest absolute Gasteiger partial charge is 0.222 e. The fourth-order valence-corrected chi connectivity index (χ4v) is 1.36. The van der Waals surface area contributed by atoms with Gasteiger partial charge in [-0.25, -0.2) is 9.37 Å². The highest BCUT2D eigenvalue weighted by Crippen LogP contribution is 2.09. The Morgan fingerprint density at radius 1 is 1.29 bits per heavy atom. The average Bonchev–Trinajstić information content (AvgIpc) is 2.35. The maximum absolute atomic E-state index is 13.2. The van der Waals surface area contributed by atoms with E-state index in [0.29, 0.717) is 13.0 Å². The van der Waals surface area contributed by atoms with Crippen LogP contribution in [0.5, 0.6) is 0 Å². The number of rotatable bonds is 4. The van der Waals surface area contributed by atoms with Crippen LogP contribution in [-0.2, 0) is 6.42 Å². The van der Waals surface area contributed by atoms with Gasteiger partial charge in [-0.2, -0.15) is 4.98 Å². The molecule has 2 aromatic rings. The van der Waals surface area contributed by atoms with Gasteiger partial charge in [-0.05, 0) is 12.1 Å². The number of hydrogen-bond acceptors (Lipinski definition) is 5. The van der Waals surface area contributed by atoms with E-state index in [2.05, 4.69) is 20.3 Å². The molecule has 17 heavy (non-hydrogen) atoms. The second-order valence-electron chi connectivity index (χ2n) is 3.42. The topological polar surface area (TPSA) is 76.7 Å². The predicted octanol–water partition coefficient (Wildman–Crippen LogP) is 1.25. The van der Waals surface area contributed by atoms with Crippen LogP contribution in [-0.4, -0.2) is 21.5 Å². The number of pyridine rings is 1. The zero-order valence-corrected chi connectivity index (χ0v) is 9.10. The van der Waals surface area contributed by atoms with Crippen molar-refractivity contribution >= 4 is 11.8 Å². The Hall–Kier alpha value is -2.24. The van der Waals surface area contributed by atoms with Gasteiger partial charge in [0.25, 0.3) is 0 Å². The van der Waals surface area contributed by atoms with E-state index in [0.717, 1.165) is 11.9 Å². The summed E-state index contributed by atoms with van der Waals surface area (Å²) < 4.78 is 13.2. The minimum Gasteiger partial charge on any atom is -0.368 e. The highest BCUT2D eigenvalue weighted by molar-refractivity contribution is 5.39. The van der Waals surface area contributed by atoms with Gasteiger partial charge in [-0.3, -0.25) is 4.98 Å². The summed E-state index contributed by atoms with van der Waals surface area (Å²) in [5.41, 5.74) is 6.30. The summed E-state index contributed by atoms with van der Waals surface area (Å²) in [5.74, 6) is -0.347. The summed E-state index contributed by atoms with van der Waals surface area (Å²) in [6.07, 6.45) is 3.45. The zero-order chi connectivity index (χ0) is 12.1. The fourth-order valence-electron chi connectivity index (χ4n) is 1.36. The molecule has 0 atom stereocenters. The Balaban J connectivity index is 1.92. The maximum Gasteiger partial charge on any atom is 0.222 e. The monoisotopic (exact) mass is 233 g/mol. The molecule has 0 amide bonds. The summed E-state index contributed by atoms with van der Waals surface area (Å²) in [4.78, 5) is 11.5. The molecular formula is C11H12FN5.